The number of nitrogens with zero attached hydrogens (tertiary/aromatic N) is 1. The van der Waals surface area contributed by atoms with Crippen molar-refractivity contribution in [2.45, 2.75) is 286 Å². The summed E-state index contributed by atoms with van der Waals surface area (Å²) >= 11 is 0. The normalized spacial score (nSPS) is 22.5. The van der Waals surface area contributed by atoms with E-state index >= 15 is 9.59 Å². The molecular weight excluding hydrogens is 1390 g/mol. The molecule has 3 rings (SSSR count). The van der Waals surface area contributed by atoms with Crippen molar-refractivity contribution in [3.63, 3.8) is 0 Å². The number of hydrogen-bond donors (Lipinski definition) is 14. The van der Waals surface area contributed by atoms with E-state index in [0.29, 0.717) is 18.4 Å². The number of carbonyl (C=O) groups is 14. The van der Waals surface area contributed by atoms with E-state index in [-0.39, 0.29) is 70.2 Å². The zero-order valence-electron chi connectivity index (χ0n) is 65.6. The molecule has 13 amide bonds. The van der Waals surface area contributed by atoms with Gasteiger partial charge in [0.1, 0.15) is 84.3 Å². The number of benzene rings is 1. The van der Waals surface area contributed by atoms with Crippen molar-refractivity contribution < 1.29 is 85.7 Å². The van der Waals surface area contributed by atoms with Gasteiger partial charge in [0, 0.05) is 25.8 Å². The molecule has 2 saturated heterocycles. The third-order valence-corrected chi connectivity index (χ3v) is 19.3. The molecule has 2 aliphatic heterocycles. The van der Waals surface area contributed by atoms with Gasteiger partial charge in [-0.3, -0.25) is 62.3 Å². The number of hydrogen-bond acceptors (Lipinski definition) is 17. The molecule has 1 aromatic rings. The molecule has 30 nitrogen and oxygen atoms in total. The van der Waals surface area contributed by atoms with Gasteiger partial charge in [0.15, 0.2) is 0 Å². The summed E-state index contributed by atoms with van der Waals surface area (Å²) < 4.78 is 32.7. The van der Waals surface area contributed by atoms with Gasteiger partial charge in [-0.25, -0.2) is 13.6 Å². The van der Waals surface area contributed by atoms with Gasteiger partial charge >= 0.3 is 5.97 Å². The van der Waals surface area contributed by atoms with Crippen LogP contribution in [0.1, 0.15) is 194 Å². The smallest absolute Gasteiger partial charge is 0.329 e. The third kappa shape index (κ3) is 28.8. The van der Waals surface area contributed by atoms with E-state index in [4.69, 9.17) is 10.5 Å². The number of amides is 13. The number of nitrogens with one attached hydrogen (secondary N) is 12. The molecule has 32 heteroatoms. The number of ether oxygens (including phenoxy) is 1. The topological polar surface area (TPSA) is 442 Å². The van der Waals surface area contributed by atoms with Crippen LogP contribution in [0.5, 0.6) is 0 Å². The highest BCUT2D eigenvalue weighted by molar-refractivity contribution is 6.03. The molecule has 1 aromatic carbocycles. The third-order valence-electron chi connectivity index (χ3n) is 19.3. The first kappa shape index (κ1) is 92.5. The van der Waals surface area contributed by atoms with E-state index in [2.05, 4.69) is 63.8 Å². The van der Waals surface area contributed by atoms with E-state index in [1.165, 1.54) is 31.7 Å². The molecular formula is C75H122F2N14O16. The van der Waals surface area contributed by atoms with Crippen molar-refractivity contribution in [2.24, 2.45) is 47.2 Å². The summed E-state index contributed by atoms with van der Waals surface area (Å²) in [7, 11) is 0. The summed E-state index contributed by atoms with van der Waals surface area (Å²) in [4.78, 5) is 202. The molecule has 0 aliphatic carbocycles. The molecule has 15 N–H and O–H groups in total. The van der Waals surface area contributed by atoms with Crippen molar-refractivity contribution in [3.05, 3.63) is 47.7 Å². The molecule has 0 radical (unpaired) electrons. The Balaban J connectivity index is 1.98. The minimum Gasteiger partial charge on any atom is -0.458 e. The van der Waals surface area contributed by atoms with E-state index in [0.717, 1.165) is 6.92 Å². The molecule has 0 saturated carbocycles. The number of esters is 1. The quantitative estimate of drug-likeness (QED) is 0.0267. The van der Waals surface area contributed by atoms with Gasteiger partial charge in [0.2, 0.25) is 76.8 Å². The number of halogens is 2. The van der Waals surface area contributed by atoms with Crippen molar-refractivity contribution in [1.82, 2.24) is 68.7 Å². The summed E-state index contributed by atoms with van der Waals surface area (Å²) in [5.41, 5.74) is 6.31. The molecule has 2 fully saturated rings. The highest BCUT2D eigenvalue weighted by Crippen LogP contribution is 2.24. The van der Waals surface area contributed by atoms with Crippen LogP contribution in [0.4, 0.5) is 8.78 Å². The minimum absolute atomic E-state index is 0.0432. The Labute approximate surface area is 628 Å². The van der Waals surface area contributed by atoms with E-state index in [9.17, 15) is 71.4 Å². The lowest BCUT2D eigenvalue weighted by Gasteiger charge is -2.33. The zero-order chi connectivity index (χ0) is 81.1. The number of unbranched alkanes of at least 4 members (excludes halogenated alkanes) is 1. The monoisotopic (exact) mass is 1510 g/mol. The second kappa shape index (κ2) is 44.0. The van der Waals surface area contributed by atoms with Crippen molar-refractivity contribution >= 4 is 82.8 Å². The van der Waals surface area contributed by atoms with Crippen LogP contribution >= 0.6 is 0 Å². The van der Waals surface area contributed by atoms with Crippen LogP contribution in [0.3, 0.4) is 0 Å². The van der Waals surface area contributed by atoms with Crippen molar-refractivity contribution in [2.75, 3.05) is 13.1 Å². The Morgan fingerprint density at radius 2 is 1.19 bits per heavy atom. The number of aliphatic hydroxyl groups is 1. The fourth-order valence-electron chi connectivity index (χ4n) is 12.2. The van der Waals surface area contributed by atoms with Crippen LogP contribution in [0.15, 0.2) is 42.1 Å². The maximum atomic E-state index is 15.0. The first-order chi connectivity index (χ1) is 50.0. The first-order valence-electron chi connectivity index (χ1n) is 37.7. The number of likely N-dealkylation sites (tertiary alicyclic amines) is 1. The van der Waals surface area contributed by atoms with Gasteiger partial charge in [-0.1, -0.05) is 146 Å². The molecule has 0 spiro atoms. The molecule has 602 valence electrons. The Morgan fingerprint density at radius 1 is 0.645 bits per heavy atom. The zero-order valence-corrected chi connectivity index (χ0v) is 65.6. The van der Waals surface area contributed by atoms with Crippen LogP contribution in [-0.2, 0) is 78.3 Å². The lowest BCUT2D eigenvalue weighted by Crippen LogP contribution is -2.64. The number of nitrogens with two attached hydrogens (primary N) is 1. The lowest BCUT2D eigenvalue weighted by molar-refractivity contribution is -0.157. The maximum Gasteiger partial charge on any atom is 0.329 e. The fraction of sp³-hybridized carbons (Fsp3) is 0.707. The summed E-state index contributed by atoms with van der Waals surface area (Å²) in [6, 6.07) is -8.16. The number of carbonyl (C=O) groups excluding carboxylic acids is 14. The number of cyclic esters (lactones) is 1. The number of alkyl halides is 2. The predicted molar refractivity (Wildman–Crippen MR) is 396 cm³/mol. The summed E-state index contributed by atoms with van der Waals surface area (Å²) in [5.74, 6) is -19.3. The molecule has 107 heavy (non-hydrogen) atoms. The second-order valence-electron chi connectivity index (χ2n) is 30.2. The van der Waals surface area contributed by atoms with Gasteiger partial charge in [0.25, 0.3) is 5.91 Å². The Bertz CT molecular complexity index is 3240. The second-order valence-corrected chi connectivity index (χ2v) is 30.2. The van der Waals surface area contributed by atoms with E-state index in [1.807, 2.05) is 0 Å². The maximum absolute atomic E-state index is 15.0. The van der Waals surface area contributed by atoms with E-state index < -0.39 is 221 Å². The Hall–Kier alpha value is -8.68. The molecule has 0 unspecified atom stereocenters. The Morgan fingerprint density at radius 3 is 1.72 bits per heavy atom. The molecule has 2 heterocycles. The highest BCUT2D eigenvalue weighted by atomic mass is 19.3. The fourth-order valence-corrected chi connectivity index (χ4v) is 12.2. The Kier molecular flexibility index (Phi) is 38.0. The van der Waals surface area contributed by atoms with E-state index in [1.54, 1.807) is 127 Å². The number of rotatable bonds is 34. The van der Waals surface area contributed by atoms with Gasteiger partial charge in [0.05, 0.1) is 6.10 Å². The summed E-state index contributed by atoms with van der Waals surface area (Å²) in [5, 5.41) is 42.7. The van der Waals surface area contributed by atoms with Gasteiger partial charge < -0.3 is 84.3 Å². The lowest BCUT2D eigenvalue weighted by atomic mass is 9.95. The van der Waals surface area contributed by atoms with Gasteiger partial charge in [-0.15, -0.1) is 0 Å². The SMILES string of the molecule is C/C=C1\NC(=O)[C@H](Cc2ccccc2)NC(=O)[C@@H](C(C)C)NC(=O)[C@@H]([C@H](C)CC)NC(=O)[C@H](NC(=O)[C@H](NC(=O)[C@H](CCCN)NC(=O)[C@H]2CCCN2C(=O)[C@H](NC(=O)[C@@H](NC(=O)[C@@H](NC(=O)[C@H](NC(=O)CCCCC(C)(F)F)C(C)C)[C@@H](C)O)C(C)C)C(C)C)[C@H](C)CC)[C@H](C)OC(=O)[C@H](C(C)C)NC1=O. The number of aliphatic hydroxyl groups excluding tert-OH is 1. The number of allylic oxidation sites excluding steroid dienone is 1. The highest BCUT2D eigenvalue weighted by Gasteiger charge is 2.45. The molecule has 16 atom stereocenters. The minimum atomic E-state index is -2.91. The average molecular weight is 1510 g/mol. The molecule has 2 aliphatic rings. The largest absolute Gasteiger partial charge is 0.458 e. The van der Waals surface area contributed by atoms with Crippen LogP contribution in [0.25, 0.3) is 0 Å². The predicted octanol–water partition coefficient (Wildman–Crippen LogP) is 2.23. The summed E-state index contributed by atoms with van der Waals surface area (Å²) in [6.07, 6.45) is -1.18. The molecule has 0 bridgehead atoms. The van der Waals surface area contributed by atoms with Crippen LogP contribution in [-0.4, -0.2) is 196 Å². The average Bonchev–Trinajstić information content (AvgIpc) is 1.31. The molecule has 0 aromatic heterocycles. The standard InChI is InChI=1S/C75H122F2N14O16/c1-19-43(14)58(70(102)90-61-46(17)107-74(106)57(42(12)13)86-62(94)48(21-3)79-64(96)50(37-47-29-23-22-24-30-47)81-66(98)54(39(6)7)83-69(101)59(44(15)20-2)88-72(61)104)87-63(95)49(31-27-35-78)80-65(97)51-32-28-36-91(51)73(105)56(41(10)11)85-68(100)55(40(8)9)84-71(103)60(45(16)92)89-67(99)53(38(4)5)82-52(93)33-25-26-34-75(18,76)77/h21-24,29-30,38-46,49-51,53-61,92H,19-20,25-28,31-37,78H2,1-18H3,(H,79,96)(H,80,97)(H,81,98)(H,82,93)(H,83,101)(H,84,103)(H,85,100)(H,86,94)(H,87,95)(H,88,104)(H,89,99)(H,90,102)/b48-21-/t43-,44-,45-,46+,49+,50+,51-,53-,54-,55+,56-,57+,58-,59-,60+,61-/m1/s1. The van der Waals surface area contributed by atoms with Crippen molar-refractivity contribution in [1.29, 1.82) is 0 Å². The van der Waals surface area contributed by atoms with Crippen LogP contribution in [0, 0.1) is 41.4 Å². The van der Waals surface area contributed by atoms with Crippen LogP contribution in [0.2, 0.25) is 0 Å². The summed E-state index contributed by atoms with van der Waals surface area (Å²) in [6.45, 7) is 27.9. The van der Waals surface area contributed by atoms with Gasteiger partial charge in [-0.05, 0) is 120 Å². The van der Waals surface area contributed by atoms with Crippen LogP contribution < -0.4 is 69.5 Å². The van der Waals surface area contributed by atoms with Gasteiger partial charge in [-0.2, -0.15) is 0 Å². The first-order valence-corrected chi connectivity index (χ1v) is 37.7. The van der Waals surface area contributed by atoms with Crippen molar-refractivity contribution in [3.8, 4) is 0 Å².